The lowest BCUT2D eigenvalue weighted by molar-refractivity contribution is 0.441. The molecule has 1 aromatic rings. The van der Waals surface area contributed by atoms with Crippen LogP contribution in [0.2, 0.25) is 0 Å². The van der Waals surface area contributed by atoms with Gasteiger partial charge < -0.3 is 5.11 Å². The van der Waals surface area contributed by atoms with Gasteiger partial charge in [0.1, 0.15) is 11.6 Å². The lowest BCUT2D eigenvalue weighted by Gasteiger charge is -2.11. The number of aromatic hydroxyl groups is 1. The lowest BCUT2D eigenvalue weighted by Crippen LogP contribution is -1.94. The van der Waals surface area contributed by atoms with Gasteiger partial charge in [-0.05, 0) is 24.3 Å². The summed E-state index contributed by atoms with van der Waals surface area (Å²) in [5.74, 6) is -0.236. The third kappa shape index (κ3) is 1.97. The Hall–Kier alpha value is -0.700. The van der Waals surface area contributed by atoms with Crippen LogP contribution in [0.4, 0.5) is 4.39 Å². The standard InChI is InChI=1S/C10H13FOS/c1-6(2)9-7(11)4-5-8(13-3)10(9)12/h4-6,12H,1-3H3. The molecule has 72 valence electrons. The molecule has 0 aliphatic rings. The van der Waals surface area contributed by atoms with Crippen molar-refractivity contribution in [3.63, 3.8) is 0 Å². The molecule has 0 heterocycles. The van der Waals surface area contributed by atoms with Crippen LogP contribution < -0.4 is 0 Å². The van der Waals surface area contributed by atoms with Crippen molar-refractivity contribution in [2.75, 3.05) is 6.26 Å². The highest BCUT2D eigenvalue weighted by molar-refractivity contribution is 7.98. The maximum atomic E-state index is 13.2. The predicted octanol–water partition coefficient (Wildman–Crippen LogP) is 3.38. The summed E-state index contributed by atoms with van der Waals surface area (Å²) >= 11 is 1.42. The zero-order valence-electron chi connectivity index (χ0n) is 7.97. The molecule has 0 saturated heterocycles. The molecule has 0 amide bonds. The molecule has 0 radical (unpaired) electrons. The van der Waals surface area contributed by atoms with E-state index in [1.54, 1.807) is 6.07 Å². The lowest BCUT2D eigenvalue weighted by atomic mass is 10.0. The van der Waals surface area contributed by atoms with Gasteiger partial charge in [0.15, 0.2) is 0 Å². The number of hydrogen-bond acceptors (Lipinski definition) is 2. The number of rotatable bonds is 2. The Bertz CT molecular complexity index is 310. The molecule has 1 aromatic carbocycles. The molecule has 13 heavy (non-hydrogen) atoms. The van der Waals surface area contributed by atoms with E-state index >= 15 is 0 Å². The maximum absolute atomic E-state index is 13.2. The minimum absolute atomic E-state index is 0.00657. The van der Waals surface area contributed by atoms with Crippen LogP contribution in [0.15, 0.2) is 17.0 Å². The van der Waals surface area contributed by atoms with Crippen LogP contribution in [0.25, 0.3) is 0 Å². The molecule has 0 aliphatic heterocycles. The number of phenolic OH excluding ortho intramolecular Hbond substituents is 1. The van der Waals surface area contributed by atoms with Gasteiger partial charge in [-0.3, -0.25) is 0 Å². The van der Waals surface area contributed by atoms with Crippen LogP contribution in [-0.4, -0.2) is 11.4 Å². The van der Waals surface area contributed by atoms with Gasteiger partial charge in [0.25, 0.3) is 0 Å². The van der Waals surface area contributed by atoms with Crippen LogP contribution in [0.5, 0.6) is 5.75 Å². The summed E-state index contributed by atoms with van der Waals surface area (Å²) in [6.07, 6.45) is 1.86. The monoisotopic (exact) mass is 200 g/mol. The van der Waals surface area contributed by atoms with Crippen LogP contribution in [0.3, 0.4) is 0 Å². The number of benzene rings is 1. The Labute approximate surface area is 82.0 Å². The molecule has 0 aliphatic carbocycles. The summed E-state index contributed by atoms with van der Waals surface area (Å²) in [4.78, 5) is 0.727. The van der Waals surface area contributed by atoms with Crippen LogP contribution in [0, 0.1) is 5.82 Å². The molecular weight excluding hydrogens is 187 g/mol. The third-order valence-electron chi connectivity index (χ3n) is 1.92. The van der Waals surface area contributed by atoms with Crippen molar-refractivity contribution in [2.24, 2.45) is 0 Å². The van der Waals surface area contributed by atoms with Crippen LogP contribution in [0.1, 0.15) is 25.3 Å². The first-order chi connectivity index (χ1) is 6.07. The minimum Gasteiger partial charge on any atom is -0.506 e. The summed E-state index contributed by atoms with van der Waals surface area (Å²) < 4.78 is 13.2. The topological polar surface area (TPSA) is 20.2 Å². The smallest absolute Gasteiger partial charge is 0.135 e. The van der Waals surface area contributed by atoms with Crippen molar-refractivity contribution in [2.45, 2.75) is 24.7 Å². The van der Waals surface area contributed by atoms with E-state index in [0.29, 0.717) is 5.56 Å². The maximum Gasteiger partial charge on any atom is 0.135 e. The first-order valence-corrected chi connectivity index (χ1v) is 5.35. The van der Waals surface area contributed by atoms with E-state index in [2.05, 4.69) is 0 Å². The van der Waals surface area contributed by atoms with E-state index in [1.807, 2.05) is 20.1 Å². The molecule has 1 N–H and O–H groups in total. The van der Waals surface area contributed by atoms with Crippen molar-refractivity contribution in [1.29, 1.82) is 0 Å². The molecule has 0 unspecified atom stereocenters. The van der Waals surface area contributed by atoms with E-state index in [-0.39, 0.29) is 17.5 Å². The summed E-state index contributed by atoms with van der Waals surface area (Å²) in [5.41, 5.74) is 0.409. The predicted molar refractivity (Wildman–Crippen MR) is 53.9 cm³/mol. The van der Waals surface area contributed by atoms with E-state index in [4.69, 9.17) is 0 Å². The summed E-state index contributed by atoms with van der Waals surface area (Å²) in [5, 5.41) is 9.68. The van der Waals surface area contributed by atoms with Gasteiger partial charge in [0, 0.05) is 10.5 Å². The molecule has 1 nitrogen and oxygen atoms in total. The first kappa shape index (κ1) is 10.4. The van der Waals surface area contributed by atoms with Crippen LogP contribution in [-0.2, 0) is 0 Å². The van der Waals surface area contributed by atoms with Crippen molar-refractivity contribution in [3.05, 3.63) is 23.5 Å². The minimum atomic E-state index is -0.328. The second-order valence-electron chi connectivity index (χ2n) is 3.17. The second kappa shape index (κ2) is 4.01. The van der Waals surface area contributed by atoms with Gasteiger partial charge in [-0.1, -0.05) is 13.8 Å². The average molecular weight is 200 g/mol. The third-order valence-corrected chi connectivity index (χ3v) is 2.69. The van der Waals surface area contributed by atoms with E-state index in [1.165, 1.54) is 17.8 Å². The van der Waals surface area contributed by atoms with E-state index in [0.717, 1.165) is 4.90 Å². The van der Waals surface area contributed by atoms with Gasteiger partial charge in [0.2, 0.25) is 0 Å². The molecule has 0 atom stereocenters. The quantitative estimate of drug-likeness (QED) is 0.738. The summed E-state index contributed by atoms with van der Waals surface area (Å²) in [7, 11) is 0. The van der Waals surface area contributed by atoms with Crippen molar-refractivity contribution < 1.29 is 9.50 Å². The Balaban J connectivity index is 3.30. The van der Waals surface area contributed by atoms with Gasteiger partial charge in [-0.2, -0.15) is 0 Å². The number of halogens is 1. The van der Waals surface area contributed by atoms with Crippen LogP contribution >= 0.6 is 11.8 Å². The largest absolute Gasteiger partial charge is 0.506 e. The van der Waals surface area contributed by atoms with E-state index in [9.17, 15) is 9.50 Å². The second-order valence-corrected chi connectivity index (χ2v) is 4.01. The van der Waals surface area contributed by atoms with Crippen molar-refractivity contribution >= 4 is 11.8 Å². The van der Waals surface area contributed by atoms with Gasteiger partial charge >= 0.3 is 0 Å². The Morgan fingerprint density at radius 2 is 2.00 bits per heavy atom. The number of hydrogen-bond donors (Lipinski definition) is 1. The molecular formula is C10H13FOS. The first-order valence-electron chi connectivity index (χ1n) is 4.13. The zero-order valence-corrected chi connectivity index (χ0v) is 8.78. The van der Waals surface area contributed by atoms with Crippen molar-refractivity contribution in [3.8, 4) is 5.75 Å². The van der Waals surface area contributed by atoms with Gasteiger partial charge in [-0.15, -0.1) is 11.8 Å². The fraction of sp³-hybridized carbons (Fsp3) is 0.400. The van der Waals surface area contributed by atoms with Gasteiger partial charge in [0.05, 0.1) is 0 Å². The number of thioether (sulfide) groups is 1. The molecule has 0 spiro atoms. The highest BCUT2D eigenvalue weighted by Gasteiger charge is 2.14. The molecule has 1 rings (SSSR count). The molecule has 0 aromatic heterocycles. The Morgan fingerprint density at radius 1 is 1.38 bits per heavy atom. The molecule has 3 heteroatoms. The normalized spacial score (nSPS) is 10.8. The number of phenols is 1. The summed E-state index contributed by atoms with van der Waals surface area (Å²) in [6.45, 7) is 3.73. The fourth-order valence-electron chi connectivity index (χ4n) is 1.28. The molecule has 0 fully saturated rings. The Morgan fingerprint density at radius 3 is 2.46 bits per heavy atom. The summed E-state index contributed by atoms with van der Waals surface area (Å²) in [6, 6.07) is 3.00. The van der Waals surface area contributed by atoms with E-state index < -0.39 is 0 Å². The van der Waals surface area contributed by atoms with Crippen molar-refractivity contribution in [1.82, 2.24) is 0 Å². The zero-order chi connectivity index (χ0) is 10.0. The fourth-order valence-corrected chi connectivity index (χ4v) is 1.78. The SMILES string of the molecule is CSc1ccc(F)c(C(C)C)c1O. The molecule has 0 saturated carbocycles. The highest BCUT2D eigenvalue weighted by atomic mass is 32.2. The highest BCUT2D eigenvalue weighted by Crippen LogP contribution is 2.35. The Kier molecular flexibility index (Phi) is 3.20. The average Bonchev–Trinajstić information content (AvgIpc) is 2.04. The van der Waals surface area contributed by atoms with Gasteiger partial charge in [-0.25, -0.2) is 4.39 Å². The molecule has 0 bridgehead atoms.